The molecule has 1 aliphatic carbocycles. The fraction of sp³-hybridized carbons (Fsp3) is 0.200. The lowest BCUT2D eigenvalue weighted by Crippen LogP contribution is -2.31. The number of hydrogen-bond acceptors (Lipinski definition) is 3. The highest BCUT2D eigenvalue weighted by Gasteiger charge is 2.22. The Kier molecular flexibility index (Phi) is 6.64. The lowest BCUT2D eigenvalue weighted by molar-refractivity contribution is -0.114. The van der Waals surface area contributed by atoms with Crippen molar-refractivity contribution in [1.29, 1.82) is 0 Å². The molecule has 0 fully saturated rings. The molecule has 3 aromatic carbocycles. The van der Waals surface area contributed by atoms with Crippen molar-refractivity contribution in [2.45, 2.75) is 42.0 Å². The summed E-state index contributed by atoms with van der Waals surface area (Å²) in [5, 5.41) is 6.70. The number of amides is 2. The Balaban J connectivity index is 1.56. The van der Waals surface area contributed by atoms with Crippen LogP contribution in [0.4, 0.5) is 5.69 Å². The Hall–Kier alpha value is -2.76. The molecule has 0 bridgehead atoms. The van der Waals surface area contributed by atoms with E-state index in [4.69, 9.17) is 11.6 Å². The average molecular weight is 451 g/mol. The standard InChI is InChI=1S/C25H23ClN2O2S/c1-16(29)27-23-15-18(9-14-24(23)31-20-12-10-19(26)11-13-20)25(30)28-22-8-4-6-17-5-2-3-7-21(17)22/h2-3,5,7,9-15,22H,4,6,8H2,1H3,(H,27,29)(H,28,30)/t22-/m1/s1. The van der Waals surface area contributed by atoms with Gasteiger partial charge in [-0.25, -0.2) is 0 Å². The van der Waals surface area contributed by atoms with Crippen LogP contribution in [0.3, 0.4) is 0 Å². The van der Waals surface area contributed by atoms with Gasteiger partial charge in [0.15, 0.2) is 0 Å². The van der Waals surface area contributed by atoms with E-state index in [0.29, 0.717) is 16.3 Å². The van der Waals surface area contributed by atoms with Gasteiger partial charge in [-0.1, -0.05) is 47.6 Å². The molecule has 0 aromatic heterocycles. The van der Waals surface area contributed by atoms with Gasteiger partial charge in [-0.3, -0.25) is 9.59 Å². The summed E-state index contributed by atoms with van der Waals surface area (Å²) < 4.78 is 0. The quantitative estimate of drug-likeness (QED) is 0.482. The molecule has 1 aliphatic rings. The van der Waals surface area contributed by atoms with E-state index in [1.807, 2.05) is 42.5 Å². The Morgan fingerprint density at radius 2 is 1.81 bits per heavy atom. The molecule has 0 unspecified atom stereocenters. The molecule has 2 N–H and O–H groups in total. The number of nitrogens with one attached hydrogen (secondary N) is 2. The molecule has 0 aliphatic heterocycles. The first kappa shape index (κ1) is 21.5. The van der Waals surface area contributed by atoms with Crippen LogP contribution >= 0.6 is 23.4 Å². The molecule has 0 saturated carbocycles. The van der Waals surface area contributed by atoms with E-state index in [1.54, 1.807) is 12.1 Å². The van der Waals surface area contributed by atoms with Gasteiger partial charge in [-0.2, -0.15) is 0 Å². The number of halogens is 1. The maximum absolute atomic E-state index is 13.0. The van der Waals surface area contributed by atoms with Crippen LogP contribution in [0.25, 0.3) is 0 Å². The highest BCUT2D eigenvalue weighted by Crippen LogP contribution is 2.35. The normalized spacial score (nSPS) is 15.1. The first-order valence-corrected chi connectivity index (χ1v) is 11.4. The number of fused-ring (bicyclic) bond motifs is 1. The minimum absolute atomic E-state index is 0.00443. The average Bonchev–Trinajstić information content (AvgIpc) is 2.76. The largest absolute Gasteiger partial charge is 0.345 e. The van der Waals surface area contributed by atoms with Gasteiger partial charge in [0, 0.05) is 27.3 Å². The summed E-state index contributed by atoms with van der Waals surface area (Å²) in [6.07, 6.45) is 3.02. The summed E-state index contributed by atoms with van der Waals surface area (Å²) in [5.41, 5.74) is 3.63. The second kappa shape index (κ2) is 9.58. The van der Waals surface area contributed by atoms with E-state index < -0.39 is 0 Å². The van der Waals surface area contributed by atoms with Crippen LogP contribution < -0.4 is 10.6 Å². The van der Waals surface area contributed by atoms with Gasteiger partial charge >= 0.3 is 0 Å². The Morgan fingerprint density at radius 1 is 1.03 bits per heavy atom. The molecule has 0 radical (unpaired) electrons. The molecule has 158 valence electrons. The van der Waals surface area contributed by atoms with Crippen LogP contribution in [0.5, 0.6) is 0 Å². The second-order valence-electron chi connectivity index (χ2n) is 7.57. The molecule has 6 heteroatoms. The fourth-order valence-corrected chi connectivity index (χ4v) is 4.83. The van der Waals surface area contributed by atoms with Crippen LogP contribution in [0, 0.1) is 0 Å². The molecular formula is C25H23ClN2O2S. The second-order valence-corrected chi connectivity index (χ2v) is 9.12. The maximum atomic E-state index is 13.0. The van der Waals surface area contributed by atoms with E-state index in [1.165, 1.54) is 29.8 Å². The topological polar surface area (TPSA) is 58.2 Å². The van der Waals surface area contributed by atoms with Gasteiger partial charge in [-0.05, 0) is 72.9 Å². The van der Waals surface area contributed by atoms with Gasteiger partial charge in [0.05, 0.1) is 11.7 Å². The molecule has 4 nitrogen and oxygen atoms in total. The van der Waals surface area contributed by atoms with Gasteiger partial charge in [0.25, 0.3) is 5.91 Å². The van der Waals surface area contributed by atoms with Crippen LogP contribution in [-0.2, 0) is 11.2 Å². The predicted octanol–water partition coefficient (Wildman–Crippen LogP) is 6.26. The van der Waals surface area contributed by atoms with Crippen LogP contribution in [0.1, 0.15) is 47.3 Å². The lowest BCUT2D eigenvalue weighted by atomic mass is 9.87. The summed E-state index contributed by atoms with van der Waals surface area (Å²) in [6.45, 7) is 1.46. The van der Waals surface area contributed by atoms with Gasteiger partial charge in [0.2, 0.25) is 5.91 Å². The van der Waals surface area contributed by atoms with Crippen LogP contribution in [0.2, 0.25) is 5.02 Å². The van der Waals surface area contributed by atoms with Crippen molar-refractivity contribution in [3.05, 3.63) is 88.4 Å². The zero-order chi connectivity index (χ0) is 21.8. The molecule has 3 aromatic rings. The van der Waals surface area contributed by atoms with E-state index in [0.717, 1.165) is 29.1 Å². The third-order valence-corrected chi connectivity index (χ3v) is 6.60. The minimum Gasteiger partial charge on any atom is -0.345 e. The van der Waals surface area contributed by atoms with Crippen molar-refractivity contribution in [3.63, 3.8) is 0 Å². The number of carbonyl (C=O) groups excluding carboxylic acids is 2. The molecule has 0 heterocycles. The number of hydrogen-bond donors (Lipinski definition) is 2. The molecule has 1 atom stereocenters. The highest BCUT2D eigenvalue weighted by molar-refractivity contribution is 7.99. The van der Waals surface area contributed by atoms with Crippen LogP contribution in [0.15, 0.2) is 76.5 Å². The number of anilines is 1. The Labute approximate surface area is 191 Å². The summed E-state index contributed by atoms with van der Waals surface area (Å²) in [6, 6.07) is 21.2. The van der Waals surface area contributed by atoms with E-state index >= 15 is 0 Å². The lowest BCUT2D eigenvalue weighted by Gasteiger charge is -2.26. The number of carbonyl (C=O) groups is 2. The van der Waals surface area contributed by atoms with Crippen molar-refractivity contribution in [1.82, 2.24) is 5.32 Å². The van der Waals surface area contributed by atoms with Gasteiger partial charge in [-0.15, -0.1) is 0 Å². The summed E-state index contributed by atoms with van der Waals surface area (Å²) in [4.78, 5) is 26.6. The van der Waals surface area contributed by atoms with E-state index in [9.17, 15) is 9.59 Å². The first-order chi connectivity index (χ1) is 15.0. The smallest absolute Gasteiger partial charge is 0.251 e. The fourth-order valence-electron chi connectivity index (χ4n) is 3.82. The molecular weight excluding hydrogens is 428 g/mol. The van der Waals surface area contributed by atoms with Crippen molar-refractivity contribution in [2.24, 2.45) is 0 Å². The van der Waals surface area contributed by atoms with Crippen LogP contribution in [-0.4, -0.2) is 11.8 Å². The highest BCUT2D eigenvalue weighted by atomic mass is 35.5. The first-order valence-electron chi connectivity index (χ1n) is 10.2. The van der Waals surface area contributed by atoms with Crippen molar-refractivity contribution < 1.29 is 9.59 Å². The zero-order valence-corrected chi connectivity index (χ0v) is 18.7. The molecule has 0 saturated heterocycles. The van der Waals surface area contributed by atoms with Crippen molar-refractivity contribution in [2.75, 3.05) is 5.32 Å². The SMILES string of the molecule is CC(=O)Nc1cc(C(=O)N[C@@H]2CCCc3ccccc32)ccc1Sc1ccc(Cl)cc1. The van der Waals surface area contributed by atoms with Crippen molar-refractivity contribution >= 4 is 40.9 Å². The van der Waals surface area contributed by atoms with Gasteiger partial charge in [0.1, 0.15) is 0 Å². The minimum atomic E-state index is -0.184. The monoisotopic (exact) mass is 450 g/mol. The number of aryl methyl sites for hydroxylation is 1. The van der Waals surface area contributed by atoms with E-state index in [-0.39, 0.29) is 17.9 Å². The molecule has 2 amide bonds. The summed E-state index contributed by atoms with van der Waals surface area (Å²) >= 11 is 7.48. The predicted molar refractivity (Wildman–Crippen MR) is 126 cm³/mol. The summed E-state index contributed by atoms with van der Waals surface area (Å²) in [5.74, 6) is -0.326. The Bertz CT molecular complexity index is 1110. The zero-order valence-electron chi connectivity index (χ0n) is 17.2. The molecule has 0 spiro atoms. The number of benzene rings is 3. The van der Waals surface area contributed by atoms with Crippen molar-refractivity contribution in [3.8, 4) is 0 Å². The third-order valence-electron chi connectivity index (χ3n) is 5.27. The number of rotatable bonds is 5. The van der Waals surface area contributed by atoms with E-state index in [2.05, 4.69) is 22.8 Å². The Morgan fingerprint density at radius 3 is 2.58 bits per heavy atom. The summed E-state index contributed by atoms with van der Waals surface area (Å²) in [7, 11) is 0. The molecule has 31 heavy (non-hydrogen) atoms. The van der Waals surface area contributed by atoms with Gasteiger partial charge < -0.3 is 10.6 Å². The third kappa shape index (κ3) is 5.30. The maximum Gasteiger partial charge on any atom is 0.251 e. The molecule has 4 rings (SSSR count).